The van der Waals surface area contributed by atoms with Gasteiger partial charge in [-0.05, 0) is 63.9 Å². The highest BCUT2D eigenvalue weighted by atomic mass is 32.2. The molecule has 0 aliphatic heterocycles. The van der Waals surface area contributed by atoms with E-state index in [0.29, 0.717) is 46.8 Å². The van der Waals surface area contributed by atoms with Gasteiger partial charge in [-0.1, -0.05) is 11.2 Å². The second-order valence-corrected chi connectivity index (χ2v) is 11.7. The number of benzene rings is 1. The van der Waals surface area contributed by atoms with Crippen molar-refractivity contribution in [3.8, 4) is 11.1 Å². The number of rotatable bonds is 14. The van der Waals surface area contributed by atoms with Crippen LogP contribution < -0.4 is 4.31 Å². The van der Waals surface area contributed by atoms with E-state index in [1.54, 1.807) is 39.0 Å². The van der Waals surface area contributed by atoms with Gasteiger partial charge >= 0.3 is 5.97 Å². The van der Waals surface area contributed by atoms with Gasteiger partial charge in [0.05, 0.1) is 32.0 Å². The van der Waals surface area contributed by atoms with Gasteiger partial charge in [-0.3, -0.25) is 0 Å². The molecular weight excluding hydrogens is 532 g/mol. The Morgan fingerprint density at radius 3 is 2.45 bits per heavy atom. The predicted octanol–water partition coefficient (Wildman–Crippen LogP) is 4.86. The van der Waals surface area contributed by atoms with Crippen LogP contribution in [0.5, 0.6) is 0 Å². The van der Waals surface area contributed by atoms with Crippen molar-refractivity contribution < 1.29 is 36.7 Å². The smallest absolute Gasteiger partial charge is 0.338 e. The van der Waals surface area contributed by atoms with Crippen LogP contribution in [0.25, 0.3) is 11.1 Å². The minimum Gasteiger partial charge on any atom is -0.462 e. The zero-order valence-corrected chi connectivity index (χ0v) is 24.2. The first-order chi connectivity index (χ1) is 18.1. The first-order valence-electron chi connectivity index (χ1n) is 12.2. The number of ether oxygens (including phenoxy) is 4. The first kappa shape index (κ1) is 29.8. The van der Waals surface area contributed by atoms with Crippen LogP contribution in [0.1, 0.15) is 46.0 Å². The number of carbonyl (C=O) groups excluding carboxylic acids is 1. The molecule has 12 heteroatoms. The number of hydrogen-bond donors (Lipinski definition) is 0. The first-order valence-corrected chi connectivity index (χ1v) is 14.4. The number of sulfonamides is 1. The van der Waals surface area contributed by atoms with E-state index < -0.39 is 16.0 Å². The third-order valence-electron chi connectivity index (χ3n) is 5.72. The molecule has 0 bridgehead atoms. The lowest BCUT2D eigenvalue weighted by Gasteiger charge is -2.22. The number of methoxy groups -OCH3 is 1. The fraction of sp³-hybridized carbons (Fsp3) is 0.462. The Labute approximate surface area is 227 Å². The van der Waals surface area contributed by atoms with Crippen LogP contribution in [0.2, 0.25) is 0 Å². The van der Waals surface area contributed by atoms with Crippen LogP contribution in [-0.2, 0) is 35.6 Å². The molecule has 2 heterocycles. The molecule has 0 aliphatic carbocycles. The third kappa shape index (κ3) is 6.62. The van der Waals surface area contributed by atoms with Gasteiger partial charge in [0.1, 0.15) is 16.7 Å². The number of nitrogens with zero attached hydrogens (tertiary/aromatic N) is 2. The molecule has 3 aromatic rings. The van der Waals surface area contributed by atoms with Crippen molar-refractivity contribution in [1.29, 1.82) is 0 Å². The zero-order chi connectivity index (χ0) is 27.9. The number of esters is 1. The minimum atomic E-state index is -4.15. The molecular formula is C26H34N2O8S2. The highest BCUT2D eigenvalue weighted by Gasteiger charge is 2.34. The van der Waals surface area contributed by atoms with Crippen molar-refractivity contribution in [1.82, 2.24) is 5.16 Å². The molecule has 0 saturated carbocycles. The topological polar surface area (TPSA) is 117 Å². The van der Waals surface area contributed by atoms with Gasteiger partial charge in [0, 0.05) is 29.7 Å². The largest absolute Gasteiger partial charge is 0.462 e. The number of hydrogen-bond acceptors (Lipinski definition) is 10. The maximum atomic E-state index is 14.2. The van der Waals surface area contributed by atoms with Gasteiger partial charge in [-0.25, -0.2) is 17.5 Å². The van der Waals surface area contributed by atoms with Crippen LogP contribution in [0.15, 0.2) is 33.0 Å². The van der Waals surface area contributed by atoms with Crippen LogP contribution in [-0.4, -0.2) is 59.8 Å². The summed E-state index contributed by atoms with van der Waals surface area (Å²) in [6, 6.07) is 6.86. The predicted molar refractivity (Wildman–Crippen MR) is 144 cm³/mol. The van der Waals surface area contributed by atoms with Gasteiger partial charge in [0.25, 0.3) is 10.0 Å². The van der Waals surface area contributed by atoms with Crippen LogP contribution in [0.3, 0.4) is 0 Å². The van der Waals surface area contributed by atoms with E-state index in [0.717, 1.165) is 20.5 Å². The number of thiophene rings is 1. The molecule has 0 saturated heterocycles. The average Bonchev–Trinajstić information content (AvgIpc) is 3.44. The van der Waals surface area contributed by atoms with Crippen molar-refractivity contribution >= 4 is 33.1 Å². The molecule has 38 heavy (non-hydrogen) atoms. The highest BCUT2D eigenvalue weighted by Crippen LogP contribution is 2.40. The normalized spacial score (nSPS) is 11.6. The van der Waals surface area contributed by atoms with Crippen molar-refractivity contribution in [2.45, 2.75) is 45.4 Å². The molecule has 1 aromatic carbocycles. The third-order valence-corrected chi connectivity index (χ3v) is 9.00. The highest BCUT2D eigenvalue weighted by molar-refractivity contribution is 7.95. The monoisotopic (exact) mass is 566 g/mol. The molecule has 208 valence electrons. The molecule has 0 unspecified atom stereocenters. The molecule has 0 amide bonds. The van der Waals surface area contributed by atoms with Gasteiger partial charge in [0.2, 0.25) is 0 Å². The Balaban J connectivity index is 2.13. The molecule has 2 aromatic heterocycles. The number of carbonyl (C=O) groups is 1. The minimum absolute atomic E-state index is 0.118. The second kappa shape index (κ2) is 13.3. The summed E-state index contributed by atoms with van der Waals surface area (Å²) in [5.74, 6) is 0.208. The van der Waals surface area contributed by atoms with Gasteiger partial charge < -0.3 is 23.5 Å². The van der Waals surface area contributed by atoms with Crippen molar-refractivity contribution in [2.24, 2.45) is 0 Å². The molecule has 0 fully saturated rings. The number of anilines is 1. The van der Waals surface area contributed by atoms with Gasteiger partial charge in [-0.15, -0.1) is 11.3 Å². The lowest BCUT2D eigenvalue weighted by Crippen LogP contribution is -2.34. The van der Waals surface area contributed by atoms with Crippen LogP contribution >= 0.6 is 11.3 Å². The van der Waals surface area contributed by atoms with E-state index in [9.17, 15) is 13.2 Å². The Bertz CT molecular complexity index is 1350. The quantitative estimate of drug-likeness (QED) is 0.153. The Morgan fingerprint density at radius 2 is 1.82 bits per heavy atom. The summed E-state index contributed by atoms with van der Waals surface area (Å²) < 4.78 is 56.3. The van der Waals surface area contributed by atoms with E-state index in [1.807, 2.05) is 19.9 Å². The molecule has 0 atom stereocenters. The van der Waals surface area contributed by atoms with Crippen molar-refractivity contribution in [3.63, 3.8) is 0 Å². The molecule has 0 radical (unpaired) electrons. The van der Waals surface area contributed by atoms with E-state index in [-0.39, 0.29) is 36.6 Å². The van der Waals surface area contributed by atoms with Crippen molar-refractivity contribution in [2.75, 3.05) is 44.6 Å². The maximum absolute atomic E-state index is 14.2. The molecule has 0 N–H and O–H groups in total. The Morgan fingerprint density at radius 1 is 1.05 bits per heavy atom. The lowest BCUT2D eigenvalue weighted by molar-refractivity contribution is 0.0526. The SMILES string of the molecule is CCOCc1cc(C(=O)OCC)ccc1-c1cc(C)sc1S(=O)(=O)N(COCCOC)c1noc(C)c1C. The number of aromatic nitrogens is 1. The molecule has 0 aliphatic rings. The summed E-state index contributed by atoms with van der Waals surface area (Å²) in [6.07, 6.45) is 0. The van der Waals surface area contributed by atoms with Gasteiger partial charge in [-0.2, -0.15) is 0 Å². The summed E-state index contributed by atoms with van der Waals surface area (Å²) in [5, 5.41) is 4.02. The fourth-order valence-electron chi connectivity index (χ4n) is 3.67. The molecule has 0 spiro atoms. The van der Waals surface area contributed by atoms with E-state index >= 15 is 0 Å². The summed E-state index contributed by atoms with van der Waals surface area (Å²) in [7, 11) is -2.61. The fourth-order valence-corrected chi connectivity index (χ4v) is 6.77. The summed E-state index contributed by atoms with van der Waals surface area (Å²) in [4.78, 5) is 13.2. The van der Waals surface area contributed by atoms with E-state index in [2.05, 4.69) is 5.16 Å². The van der Waals surface area contributed by atoms with E-state index in [1.165, 1.54) is 7.11 Å². The van der Waals surface area contributed by atoms with E-state index in [4.69, 9.17) is 23.5 Å². The number of aryl methyl sites for hydroxylation is 2. The van der Waals surface area contributed by atoms with Crippen molar-refractivity contribution in [3.05, 3.63) is 51.6 Å². The van der Waals surface area contributed by atoms with Crippen LogP contribution in [0, 0.1) is 20.8 Å². The standard InChI is InChI=1S/C26H34N2O8S2/c1-7-33-15-21-14-20(25(29)35-8-2)9-10-22(21)23-13-17(3)37-26(23)38(30,31)28(16-34-12-11-32-6)24-18(4)19(5)36-27-24/h9-10,13-14H,7-8,11-12,15-16H2,1-6H3. The summed E-state index contributed by atoms with van der Waals surface area (Å²) >= 11 is 1.15. The summed E-state index contributed by atoms with van der Waals surface area (Å²) in [5.41, 5.74) is 2.77. The Hall–Kier alpha value is -2.77. The van der Waals surface area contributed by atoms with Gasteiger partial charge in [0.15, 0.2) is 5.82 Å². The average molecular weight is 567 g/mol. The maximum Gasteiger partial charge on any atom is 0.338 e. The summed E-state index contributed by atoms with van der Waals surface area (Å²) in [6.45, 7) is 10.0. The second-order valence-electron chi connectivity index (χ2n) is 8.36. The van der Waals surface area contributed by atoms with Crippen LogP contribution in [0.4, 0.5) is 5.82 Å². The lowest BCUT2D eigenvalue weighted by atomic mass is 9.99. The molecule has 3 rings (SSSR count). The zero-order valence-electron chi connectivity index (χ0n) is 22.5. The Kier molecular flexibility index (Phi) is 10.5. The molecule has 10 nitrogen and oxygen atoms in total.